The molecule has 3 aromatic carbocycles. The molecule has 9 heteroatoms. The molecule has 0 aromatic heterocycles. The van der Waals surface area contributed by atoms with E-state index in [0.717, 1.165) is 9.87 Å². The highest BCUT2D eigenvalue weighted by molar-refractivity contribution is 9.10. The normalized spacial score (nSPS) is 11.3. The quantitative estimate of drug-likeness (QED) is 0.375. The van der Waals surface area contributed by atoms with E-state index in [1.165, 1.54) is 18.3 Å². The molecule has 0 bridgehead atoms. The Balaban J connectivity index is 1.79. The van der Waals surface area contributed by atoms with Gasteiger partial charge in [-0.3, -0.25) is 9.10 Å². The molecule has 0 radical (unpaired) electrons. The summed E-state index contributed by atoms with van der Waals surface area (Å²) < 4.78 is 33.3. The Kier molecular flexibility index (Phi) is 7.43. The molecule has 0 aliphatic carbocycles. The molecular formula is C22H20BrN3O4S. The van der Waals surface area contributed by atoms with Crippen LogP contribution in [0.25, 0.3) is 0 Å². The van der Waals surface area contributed by atoms with Crippen molar-refractivity contribution in [3.05, 3.63) is 88.9 Å². The smallest absolute Gasteiger partial charge is 0.264 e. The van der Waals surface area contributed by atoms with Gasteiger partial charge < -0.3 is 4.74 Å². The molecule has 1 amide bonds. The van der Waals surface area contributed by atoms with Gasteiger partial charge in [0.05, 0.1) is 23.9 Å². The van der Waals surface area contributed by atoms with Crippen molar-refractivity contribution in [2.75, 3.05) is 18.0 Å². The van der Waals surface area contributed by atoms with E-state index in [2.05, 4.69) is 26.5 Å². The largest absolute Gasteiger partial charge is 0.497 e. The number of ether oxygens (including phenoxy) is 1. The number of nitrogens with one attached hydrogen (secondary N) is 1. The number of halogens is 1. The van der Waals surface area contributed by atoms with E-state index in [-0.39, 0.29) is 4.90 Å². The lowest BCUT2D eigenvalue weighted by Gasteiger charge is -2.23. The standard InChI is InChI=1S/C22H20BrN3O4S/c1-30-20-12-10-17(11-13-20)15-24-25-22(27)16-26(19-7-5-6-18(23)14-19)31(28,29)21-8-3-2-4-9-21/h2-15H,16H2,1H3,(H,25,27). The first-order valence-corrected chi connectivity index (χ1v) is 11.4. The van der Waals surface area contributed by atoms with Crippen LogP contribution < -0.4 is 14.5 Å². The Hall–Kier alpha value is -3.17. The molecule has 0 saturated carbocycles. The van der Waals surface area contributed by atoms with Crippen molar-refractivity contribution in [1.82, 2.24) is 5.43 Å². The van der Waals surface area contributed by atoms with Crippen LogP contribution in [0.2, 0.25) is 0 Å². The molecule has 0 spiro atoms. The van der Waals surface area contributed by atoms with E-state index in [1.807, 2.05) is 0 Å². The SMILES string of the molecule is COc1ccc(C=NNC(=O)CN(c2cccc(Br)c2)S(=O)(=O)c2ccccc2)cc1. The van der Waals surface area contributed by atoms with E-state index < -0.39 is 22.5 Å². The Morgan fingerprint density at radius 3 is 2.42 bits per heavy atom. The highest BCUT2D eigenvalue weighted by atomic mass is 79.9. The molecule has 7 nitrogen and oxygen atoms in total. The van der Waals surface area contributed by atoms with E-state index in [1.54, 1.807) is 73.8 Å². The lowest BCUT2D eigenvalue weighted by atomic mass is 10.2. The lowest BCUT2D eigenvalue weighted by molar-refractivity contribution is -0.119. The third kappa shape index (κ3) is 5.93. The van der Waals surface area contributed by atoms with Gasteiger partial charge in [0.2, 0.25) is 0 Å². The van der Waals surface area contributed by atoms with Gasteiger partial charge in [0.25, 0.3) is 15.9 Å². The number of hydrogen-bond acceptors (Lipinski definition) is 5. The molecular weight excluding hydrogens is 482 g/mol. The van der Waals surface area contributed by atoms with Gasteiger partial charge in [0, 0.05) is 4.47 Å². The molecule has 160 valence electrons. The molecule has 0 aliphatic rings. The number of benzene rings is 3. The van der Waals surface area contributed by atoms with E-state index in [0.29, 0.717) is 15.9 Å². The summed E-state index contributed by atoms with van der Waals surface area (Å²) in [6.07, 6.45) is 1.46. The van der Waals surface area contributed by atoms with Gasteiger partial charge in [0.1, 0.15) is 12.3 Å². The van der Waals surface area contributed by atoms with Crippen molar-refractivity contribution in [2.24, 2.45) is 5.10 Å². The number of rotatable bonds is 8. The van der Waals surface area contributed by atoms with Crippen molar-refractivity contribution >= 4 is 43.8 Å². The van der Waals surface area contributed by atoms with Crippen LogP contribution in [0.1, 0.15) is 5.56 Å². The zero-order valence-corrected chi connectivity index (χ0v) is 19.0. The first-order chi connectivity index (χ1) is 14.9. The summed E-state index contributed by atoms with van der Waals surface area (Å²) in [5.41, 5.74) is 3.49. The number of amides is 1. The van der Waals surface area contributed by atoms with Crippen molar-refractivity contribution < 1.29 is 17.9 Å². The molecule has 0 heterocycles. The van der Waals surface area contributed by atoms with Gasteiger partial charge in [-0.15, -0.1) is 0 Å². The predicted octanol–water partition coefficient (Wildman–Crippen LogP) is 3.80. The Morgan fingerprint density at radius 2 is 1.77 bits per heavy atom. The van der Waals surface area contributed by atoms with Crippen LogP contribution in [0.4, 0.5) is 5.69 Å². The molecule has 3 rings (SSSR count). The third-order valence-corrected chi connectivity index (χ3v) is 6.51. The molecule has 0 fully saturated rings. The van der Waals surface area contributed by atoms with Crippen molar-refractivity contribution in [3.63, 3.8) is 0 Å². The maximum Gasteiger partial charge on any atom is 0.264 e. The second-order valence-electron chi connectivity index (χ2n) is 6.37. The van der Waals surface area contributed by atoms with Gasteiger partial charge in [-0.05, 0) is 60.2 Å². The summed E-state index contributed by atoms with van der Waals surface area (Å²) in [4.78, 5) is 12.6. The number of nitrogens with zero attached hydrogens (tertiary/aromatic N) is 2. The average molecular weight is 502 g/mol. The second-order valence-corrected chi connectivity index (χ2v) is 9.15. The molecule has 0 atom stereocenters. The Labute approximate surface area is 189 Å². The van der Waals surface area contributed by atoms with Crippen LogP contribution >= 0.6 is 15.9 Å². The number of hydrazone groups is 1. The van der Waals surface area contributed by atoms with Gasteiger partial charge in [0.15, 0.2) is 0 Å². The molecule has 1 N–H and O–H groups in total. The van der Waals surface area contributed by atoms with Crippen LogP contribution in [0.15, 0.2) is 93.3 Å². The van der Waals surface area contributed by atoms with E-state index in [9.17, 15) is 13.2 Å². The summed E-state index contributed by atoms with van der Waals surface area (Å²) in [5, 5.41) is 3.92. The number of hydrogen-bond donors (Lipinski definition) is 1. The second kappa shape index (κ2) is 10.2. The molecule has 0 saturated heterocycles. The molecule has 31 heavy (non-hydrogen) atoms. The maximum absolute atomic E-state index is 13.2. The molecule has 0 unspecified atom stereocenters. The zero-order chi connectivity index (χ0) is 22.3. The maximum atomic E-state index is 13.2. The number of carbonyl (C=O) groups is 1. The lowest BCUT2D eigenvalue weighted by Crippen LogP contribution is -2.39. The Bertz CT molecular complexity index is 1170. The third-order valence-electron chi connectivity index (χ3n) is 4.23. The van der Waals surface area contributed by atoms with Gasteiger partial charge >= 0.3 is 0 Å². The van der Waals surface area contributed by atoms with Crippen LogP contribution in [0.5, 0.6) is 5.75 Å². The van der Waals surface area contributed by atoms with Crippen molar-refractivity contribution in [3.8, 4) is 5.75 Å². The fourth-order valence-electron chi connectivity index (χ4n) is 2.70. The predicted molar refractivity (Wildman–Crippen MR) is 124 cm³/mol. The van der Waals surface area contributed by atoms with E-state index >= 15 is 0 Å². The summed E-state index contributed by atoms with van der Waals surface area (Å²) in [7, 11) is -2.39. The van der Waals surface area contributed by atoms with Crippen LogP contribution in [0, 0.1) is 0 Å². The number of sulfonamides is 1. The highest BCUT2D eigenvalue weighted by Gasteiger charge is 2.27. The molecule has 0 aliphatic heterocycles. The summed E-state index contributed by atoms with van der Waals surface area (Å²) in [6, 6.07) is 21.8. The number of methoxy groups -OCH3 is 1. The fraction of sp³-hybridized carbons (Fsp3) is 0.0909. The molecule has 3 aromatic rings. The summed E-state index contributed by atoms with van der Waals surface area (Å²) in [5.74, 6) is 0.126. The minimum atomic E-state index is -3.96. The zero-order valence-electron chi connectivity index (χ0n) is 16.6. The monoisotopic (exact) mass is 501 g/mol. The summed E-state index contributed by atoms with van der Waals surface area (Å²) >= 11 is 3.34. The van der Waals surface area contributed by atoms with E-state index in [4.69, 9.17) is 4.74 Å². The van der Waals surface area contributed by atoms with Crippen LogP contribution in [0.3, 0.4) is 0 Å². The van der Waals surface area contributed by atoms with Crippen LogP contribution in [-0.2, 0) is 14.8 Å². The topological polar surface area (TPSA) is 88.1 Å². The minimum Gasteiger partial charge on any atom is -0.497 e. The van der Waals surface area contributed by atoms with Gasteiger partial charge in [-0.1, -0.05) is 40.2 Å². The highest BCUT2D eigenvalue weighted by Crippen LogP contribution is 2.26. The minimum absolute atomic E-state index is 0.0875. The van der Waals surface area contributed by atoms with Crippen molar-refractivity contribution in [1.29, 1.82) is 0 Å². The summed E-state index contributed by atoms with van der Waals surface area (Å²) in [6.45, 7) is -0.437. The van der Waals surface area contributed by atoms with Gasteiger partial charge in [-0.25, -0.2) is 13.8 Å². The van der Waals surface area contributed by atoms with Crippen molar-refractivity contribution in [2.45, 2.75) is 4.90 Å². The van der Waals surface area contributed by atoms with Gasteiger partial charge in [-0.2, -0.15) is 5.10 Å². The number of carbonyl (C=O) groups excluding carboxylic acids is 1. The van der Waals surface area contributed by atoms with Crippen LogP contribution in [-0.4, -0.2) is 34.2 Å². The number of anilines is 1. The first-order valence-electron chi connectivity index (χ1n) is 9.19. The average Bonchev–Trinajstić information content (AvgIpc) is 2.78. The Morgan fingerprint density at radius 1 is 1.06 bits per heavy atom. The fourth-order valence-corrected chi connectivity index (χ4v) is 4.52. The first kappa shape index (κ1) is 22.5.